The molecule has 0 aromatic carbocycles. The van der Waals surface area contributed by atoms with Crippen LogP contribution in [0.4, 0.5) is 0 Å². The Morgan fingerprint density at radius 3 is 2.75 bits per heavy atom. The number of carbonyl (C=O) groups excluding carboxylic acids is 1. The lowest BCUT2D eigenvalue weighted by atomic mass is 10.3. The average Bonchev–Trinajstić information content (AvgIpc) is 2.05. The molecule has 0 radical (unpaired) electrons. The first-order valence-corrected chi connectivity index (χ1v) is 4.82. The molecule has 0 aromatic rings. The van der Waals surface area contributed by atoms with E-state index in [4.69, 9.17) is 5.11 Å². The third-order valence-electron chi connectivity index (χ3n) is 1.28. The molecule has 0 amide bonds. The molecule has 1 N–H and O–H groups in total. The van der Waals surface area contributed by atoms with Crippen molar-refractivity contribution in [3.63, 3.8) is 0 Å². The lowest BCUT2D eigenvalue weighted by Gasteiger charge is -2.03. The summed E-state index contributed by atoms with van der Waals surface area (Å²) in [5, 5.41) is 8.06. The highest BCUT2D eigenvalue weighted by Gasteiger charge is 2.18. The first kappa shape index (κ1) is 9.08. The van der Waals surface area contributed by atoms with E-state index in [1.54, 1.807) is 0 Å². The molecule has 0 saturated carbocycles. The minimum Gasteiger partial charge on any atom is -0.380 e. The SMILES string of the molecule is O=C1C=C(S(=O)(=O)CO)N=CC1. The largest absolute Gasteiger partial charge is 0.380 e. The number of aliphatic imine (C=N–C) groups is 1. The molecule has 0 spiro atoms. The first-order valence-electron chi connectivity index (χ1n) is 3.17. The van der Waals surface area contributed by atoms with E-state index >= 15 is 0 Å². The molecule has 1 aliphatic rings. The Morgan fingerprint density at radius 1 is 1.58 bits per heavy atom. The minimum absolute atomic E-state index is 0.116. The van der Waals surface area contributed by atoms with Crippen molar-refractivity contribution in [2.75, 3.05) is 5.94 Å². The van der Waals surface area contributed by atoms with E-state index in [0.717, 1.165) is 6.08 Å². The van der Waals surface area contributed by atoms with Crippen molar-refractivity contribution in [2.45, 2.75) is 6.42 Å². The standard InChI is InChI=1S/C6H7NO4S/c8-4-12(10,11)6-3-5(9)1-2-7-6/h2-3,8H,1,4H2. The molecule has 6 heteroatoms. The molecule has 0 aromatic heterocycles. The van der Waals surface area contributed by atoms with Crippen molar-refractivity contribution in [2.24, 2.45) is 4.99 Å². The fourth-order valence-electron chi connectivity index (χ4n) is 0.696. The summed E-state index contributed by atoms with van der Waals surface area (Å²) in [7, 11) is -3.76. The summed E-state index contributed by atoms with van der Waals surface area (Å²) in [6, 6.07) is 0. The normalized spacial score (nSPS) is 17.8. The second-order valence-electron chi connectivity index (χ2n) is 2.21. The molecule has 0 unspecified atom stereocenters. The van der Waals surface area contributed by atoms with Gasteiger partial charge in [0.15, 0.2) is 16.8 Å². The van der Waals surface area contributed by atoms with Crippen LogP contribution in [-0.2, 0) is 14.6 Å². The summed E-state index contributed by atoms with van der Waals surface area (Å²) < 4.78 is 21.8. The number of hydrogen-bond donors (Lipinski definition) is 1. The Balaban J connectivity index is 3.05. The predicted octanol–water partition coefficient (Wildman–Crippen LogP) is -0.764. The van der Waals surface area contributed by atoms with Crippen LogP contribution in [0.1, 0.15) is 6.42 Å². The van der Waals surface area contributed by atoms with Crippen molar-refractivity contribution < 1.29 is 18.3 Å². The Hall–Kier alpha value is -1.01. The van der Waals surface area contributed by atoms with Gasteiger partial charge in [-0.1, -0.05) is 0 Å². The van der Waals surface area contributed by atoms with Crippen LogP contribution in [-0.4, -0.2) is 31.5 Å². The second kappa shape index (κ2) is 3.16. The van der Waals surface area contributed by atoms with Crippen molar-refractivity contribution in [3.8, 4) is 0 Å². The molecule has 1 heterocycles. The van der Waals surface area contributed by atoms with Gasteiger partial charge in [-0.15, -0.1) is 0 Å². The number of ketones is 1. The van der Waals surface area contributed by atoms with Gasteiger partial charge in [0.1, 0.15) is 0 Å². The van der Waals surface area contributed by atoms with Gasteiger partial charge in [0, 0.05) is 18.7 Å². The molecule has 0 fully saturated rings. The summed E-state index contributed by atoms with van der Waals surface area (Å²) in [4.78, 5) is 14.2. The van der Waals surface area contributed by atoms with Gasteiger partial charge < -0.3 is 5.11 Å². The maximum absolute atomic E-state index is 10.9. The highest BCUT2D eigenvalue weighted by atomic mass is 32.2. The van der Waals surface area contributed by atoms with Crippen LogP contribution in [0.25, 0.3) is 0 Å². The number of carbonyl (C=O) groups is 1. The van der Waals surface area contributed by atoms with Gasteiger partial charge in [0.05, 0.1) is 0 Å². The molecule has 1 aliphatic heterocycles. The van der Waals surface area contributed by atoms with Crippen molar-refractivity contribution in [3.05, 3.63) is 11.1 Å². The molecular weight excluding hydrogens is 182 g/mol. The van der Waals surface area contributed by atoms with Crippen LogP contribution in [0.15, 0.2) is 16.1 Å². The van der Waals surface area contributed by atoms with Crippen LogP contribution < -0.4 is 0 Å². The maximum Gasteiger partial charge on any atom is 0.219 e. The highest BCUT2D eigenvalue weighted by molar-refractivity contribution is 7.95. The van der Waals surface area contributed by atoms with Crippen molar-refractivity contribution in [1.82, 2.24) is 0 Å². The van der Waals surface area contributed by atoms with Gasteiger partial charge in [-0.05, 0) is 0 Å². The molecule has 0 bridgehead atoms. The fourth-order valence-corrected chi connectivity index (χ4v) is 1.37. The zero-order valence-corrected chi connectivity index (χ0v) is 6.91. The quantitative estimate of drug-likeness (QED) is 0.618. The van der Waals surface area contributed by atoms with Gasteiger partial charge in [-0.3, -0.25) is 4.79 Å². The number of nitrogens with zero attached hydrogens (tertiary/aromatic N) is 1. The smallest absolute Gasteiger partial charge is 0.219 e. The molecule has 0 saturated heterocycles. The van der Waals surface area contributed by atoms with Crippen LogP contribution in [0.3, 0.4) is 0 Å². The summed E-state index contributed by atoms with van der Waals surface area (Å²) in [6.45, 7) is 0. The summed E-state index contributed by atoms with van der Waals surface area (Å²) in [5.74, 6) is -1.35. The van der Waals surface area contributed by atoms with Crippen LogP contribution >= 0.6 is 0 Å². The van der Waals surface area contributed by atoms with E-state index in [1.807, 2.05) is 0 Å². The molecule has 0 aliphatic carbocycles. The van der Waals surface area contributed by atoms with Crippen LogP contribution in [0.2, 0.25) is 0 Å². The van der Waals surface area contributed by atoms with Gasteiger partial charge in [0.2, 0.25) is 9.84 Å². The number of sulfone groups is 1. The Labute approximate surface area is 69.3 Å². The van der Waals surface area contributed by atoms with Crippen LogP contribution in [0.5, 0.6) is 0 Å². The molecule has 66 valence electrons. The average molecular weight is 189 g/mol. The van der Waals surface area contributed by atoms with Gasteiger partial charge in [-0.2, -0.15) is 0 Å². The molecule has 0 atom stereocenters. The second-order valence-corrected chi connectivity index (χ2v) is 4.11. The van der Waals surface area contributed by atoms with Crippen LogP contribution in [0, 0.1) is 0 Å². The molecule has 1 rings (SSSR count). The third kappa shape index (κ3) is 1.77. The van der Waals surface area contributed by atoms with Gasteiger partial charge in [0.25, 0.3) is 0 Å². The van der Waals surface area contributed by atoms with E-state index < -0.39 is 15.8 Å². The lowest BCUT2D eigenvalue weighted by molar-refractivity contribution is -0.113. The Bertz CT molecular complexity index is 352. The van der Waals surface area contributed by atoms with E-state index in [-0.39, 0.29) is 17.2 Å². The monoisotopic (exact) mass is 189 g/mol. The lowest BCUT2D eigenvalue weighted by Crippen LogP contribution is -2.12. The number of aliphatic hydroxyl groups excluding tert-OH is 1. The summed E-state index contributed by atoms with van der Waals surface area (Å²) in [5.41, 5.74) is 0. The zero-order chi connectivity index (χ0) is 9.19. The Kier molecular flexibility index (Phi) is 2.39. The Morgan fingerprint density at radius 2 is 2.25 bits per heavy atom. The van der Waals surface area contributed by atoms with Crippen molar-refractivity contribution >= 4 is 21.8 Å². The number of hydrogen-bond acceptors (Lipinski definition) is 5. The molecular formula is C6H7NO4S. The van der Waals surface area contributed by atoms with E-state index in [2.05, 4.69) is 4.99 Å². The molecule has 12 heavy (non-hydrogen) atoms. The van der Waals surface area contributed by atoms with Gasteiger partial charge in [-0.25, -0.2) is 13.4 Å². The predicted molar refractivity (Wildman–Crippen MR) is 42.2 cm³/mol. The molecule has 5 nitrogen and oxygen atoms in total. The summed E-state index contributed by atoms with van der Waals surface area (Å²) >= 11 is 0. The minimum atomic E-state index is -3.76. The zero-order valence-electron chi connectivity index (χ0n) is 6.10. The number of allylic oxidation sites excluding steroid dienone is 1. The van der Waals surface area contributed by atoms with Gasteiger partial charge >= 0.3 is 0 Å². The summed E-state index contributed by atoms with van der Waals surface area (Å²) in [6.07, 6.45) is 2.25. The highest BCUT2D eigenvalue weighted by Crippen LogP contribution is 2.11. The fraction of sp³-hybridized carbons (Fsp3) is 0.333. The first-order chi connectivity index (χ1) is 5.56. The van der Waals surface area contributed by atoms with E-state index in [0.29, 0.717) is 0 Å². The van der Waals surface area contributed by atoms with E-state index in [1.165, 1.54) is 6.21 Å². The number of rotatable bonds is 2. The third-order valence-corrected chi connectivity index (χ3v) is 2.48. The van der Waals surface area contributed by atoms with Crippen molar-refractivity contribution in [1.29, 1.82) is 0 Å². The maximum atomic E-state index is 10.9. The van der Waals surface area contributed by atoms with E-state index in [9.17, 15) is 13.2 Å². The number of aliphatic hydroxyl groups is 1. The topological polar surface area (TPSA) is 83.8 Å².